The molecule has 16 heavy (non-hydrogen) atoms. The predicted molar refractivity (Wildman–Crippen MR) is 61.3 cm³/mol. The molecular formula is C12H17N3O. The molecule has 4 heteroatoms. The quantitative estimate of drug-likeness (QED) is 0.780. The number of H-pyrrole nitrogens is 1. The standard InChI is InChI=1S/C12H17N3O/c16-12-10(4-6-14-15-12)9-3-5-13-11(7-9)8-1-2-8/h4,6,8-9,11,13H,1-3,5,7H2,(H,15,16). The molecule has 0 amide bonds. The lowest BCUT2D eigenvalue weighted by atomic mass is 9.86. The van der Waals surface area contributed by atoms with Crippen molar-refractivity contribution in [3.05, 3.63) is 28.2 Å². The first-order valence-electron chi connectivity index (χ1n) is 6.11. The van der Waals surface area contributed by atoms with Crippen LogP contribution in [0.5, 0.6) is 0 Å². The molecule has 0 bridgehead atoms. The summed E-state index contributed by atoms with van der Waals surface area (Å²) in [7, 11) is 0. The van der Waals surface area contributed by atoms with Crippen molar-refractivity contribution in [3.63, 3.8) is 0 Å². The van der Waals surface area contributed by atoms with Gasteiger partial charge >= 0.3 is 0 Å². The van der Waals surface area contributed by atoms with E-state index in [9.17, 15) is 4.79 Å². The molecule has 1 aliphatic carbocycles. The highest BCUT2D eigenvalue weighted by atomic mass is 16.1. The van der Waals surface area contributed by atoms with E-state index in [-0.39, 0.29) is 5.56 Å². The molecule has 2 unspecified atom stereocenters. The number of rotatable bonds is 2. The van der Waals surface area contributed by atoms with Gasteiger partial charge in [-0.2, -0.15) is 5.10 Å². The first kappa shape index (κ1) is 10.0. The van der Waals surface area contributed by atoms with Crippen molar-refractivity contribution in [1.82, 2.24) is 15.5 Å². The summed E-state index contributed by atoms with van der Waals surface area (Å²) in [5.41, 5.74) is 0.908. The zero-order valence-electron chi connectivity index (χ0n) is 9.28. The summed E-state index contributed by atoms with van der Waals surface area (Å²) in [5.74, 6) is 1.28. The predicted octanol–water partition coefficient (Wildman–Crippen LogP) is 1.02. The monoisotopic (exact) mass is 219 g/mol. The summed E-state index contributed by atoms with van der Waals surface area (Å²) in [5, 5.41) is 9.86. The van der Waals surface area contributed by atoms with Gasteiger partial charge in [0.2, 0.25) is 0 Å². The Morgan fingerprint density at radius 2 is 2.19 bits per heavy atom. The summed E-state index contributed by atoms with van der Waals surface area (Å²) in [4.78, 5) is 11.7. The smallest absolute Gasteiger partial charge is 0.267 e. The summed E-state index contributed by atoms with van der Waals surface area (Å²) in [6.45, 7) is 1.04. The normalized spacial score (nSPS) is 30.2. The average Bonchev–Trinajstić information content (AvgIpc) is 3.14. The molecule has 1 saturated heterocycles. The molecule has 1 aliphatic heterocycles. The Bertz CT molecular complexity index is 424. The van der Waals surface area contributed by atoms with Gasteiger partial charge in [-0.3, -0.25) is 4.79 Å². The third-order valence-electron chi connectivity index (χ3n) is 3.83. The molecule has 2 heterocycles. The van der Waals surface area contributed by atoms with Gasteiger partial charge in [0.15, 0.2) is 0 Å². The molecule has 86 valence electrons. The third-order valence-corrected chi connectivity index (χ3v) is 3.83. The van der Waals surface area contributed by atoms with E-state index in [4.69, 9.17) is 0 Å². The van der Waals surface area contributed by atoms with Crippen molar-refractivity contribution in [3.8, 4) is 0 Å². The molecule has 2 aliphatic rings. The topological polar surface area (TPSA) is 57.8 Å². The lowest BCUT2D eigenvalue weighted by Crippen LogP contribution is -2.39. The van der Waals surface area contributed by atoms with E-state index < -0.39 is 0 Å². The maximum absolute atomic E-state index is 11.7. The highest BCUT2D eigenvalue weighted by Crippen LogP contribution is 2.39. The van der Waals surface area contributed by atoms with Gasteiger partial charge in [0, 0.05) is 17.8 Å². The fourth-order valence-electron chi connectivity index (χ4n) is 2.77. The van der Waals surface area contributed by atoms with Crippen molar-refractivity contribution >= 4 is 0 Å². The van der Waals surface area contributed by atoms with Gasteiger partial charge in [-0.25, -0.2) is 5.10 Å². The highest BCUT2D eigenvalue weighted by molar-refractivity contribution is 5.15. The van der Waals surface area contributed by atoms with Crippen LogP contribution in [0.4, 0.5) is 0 Å². The van der Waals surface area contributed by atoms with Gasteiger partial charge in [-0.05, 0) is 50.1 Å². The molecule has 0 radical (unpaired) electrons. The summed E-state index contributed by atoms with van der Waals surface area (Å²) in [6, 6.07) is 2.50. The van der Waals surface area contributed by atoms with Crippen LogP contribution in [0.2, 0.25) is 0 Å². The molecular weight excluding hydrogens is 202 g/mol. The minimum atomic E-state index is -0.0102. The van der Waals surface area contributed by atoms with Crippen LogP contribution in [0, 0.1) is 5.92 Å². The maximum Gasteiger partial charge on any atom is 0.267 e. The van der Waals surface area contributed by atoms with Crippen LogP contribution in [0.3, 0.4) is 0 Å². The summed E-state index contributed by atoms with van der Waals surface area (Å²) < 4.78 is 0. The Labute approximate surface area is 94.5 Å². The molecule has 2 atom stereocenters. The van der Waals surface area contributed by atoms with Crippen LogP contribution in [-0.2, 0) is 0 Å². The number of nitrogens with zero attached hydrogens (tertiary/aromatic N) is 1. The molecule has 1 saturated carbocycles. The van der Waals surface area contributed by atoms with E-state index in [1.807, 2.05) is 6.07 Å². The molecule has 4 nitrogen and oxygen atoms in total. The van der Waals surface area contributed by atoms with Crippen LogP contribution in [0.1, 0.15) is 37.2 Å². The Kier molecular flexibility index (Phi) is 2.52. The number of nitrogens with one attached hydrogen (secondary N) is 2. The van der Waals surface area contributed by atoms with Crippen LogP contribution < -0.4 is 10.9 Å². The van der Waals surface area contributed by atoms with Crippen molar-refractivity contribution in [2.24, 2.45) is 5.92 Å². The van der Waals surface area contributed by atoms with Gasteiger partial charge in [-0.15, -0.1) is 0 Å². The Balaban J connectivity index is 1.79. The lowest BCUT2D eigenvalue weighted by molar-refractivity contribution is 0.333. The fourth-order valence-corrected chi connectivity index (χ4v) is 2.77. The minimum Gasteiger partial charge on any atom is -0.314 e. The molecule has 2 N–H and O–H groups in total. The van der Waals surface area contributed by atoms with Gasteiger partial charge in [0.1, 0.15) is 0 Å². The number of hydrogen-bond acceptors (Lipinski definition) is 3. The van der Waals surface area contributed by atoms with Crippen molar-refractivity contribution < 1.29 is 0 Å². The number of hydrogen-bond donors (Lipinski definition) is 2. The van der Waals surface area contributed by atoms with Crippen LogP contribution in [0.15, 0.2) is 17.1 Å². The number of aromatic nitrogens is 2. The highest BCUT2D eigenvalue weighted by Gasteiger charge is 2.35. The molecule has 0 spiro atoms. The van der Waals surface area contributed by atoms with E-state index in [1.54, 1.807) is 6.20 Å². The molecule has 3 rings (SSSR count). The van der Waals surface area contributed by atoms with Gasteiger partial charge in [0.25, 0.3) is 5.56 Å². The molecule has 1 aromatic rings. The second kappa shape index (κ2) is 4.01. The summed E-state index contributed by atoms with van der Waals surface area (Å²) in [6.07, 6.45) is 6.58. The van der Waals surface area contributed by atoms with Crippen LogP contribution in [0.25, 0.3) is 0 Å². The first-order chi connectivity index (χ1) is 7.84. The lowest BCUT2D eigenvalue weighted by Gasteiger charge is -2.30. The Morgan fingerprint density at radius 3 is 2.94 bits per heavy atom. The Morgan fingerprint density at radius 1 is 1.31 bits per heavy atom. The second-order valence-electron chi connectivity index (χ2n) is 4.96. The third kappa shape index (κ3) is 1.89. The van der Waals surface area contributed by atoms with E-state index in [0.29, 0.717) is 12.0 Å². The van der Waals surface area contributed by atoms with Crippen LogP contribution in [-0.4, -0.2) is 22.8 Å². The maximum atomic E-state index is 11.7. The zero-order chi connectivity index (χ0) is 11.0. The average molecular weight is 219 g/mol. The SMILES string of the molecule is O=c1[nH]nccc1C1CCNC(C2CC2)C1. The zero-order valence-corrected chi connectivity index (χ0v) is 9.28. The Hall–Kier alpha value is -1.16. The summed E-state index contributed by atoms with van der Waals surface area (Å²) >= 11 is 0. The molecule has 1 aromatic heterocycles. The van der Waals surface area contributed by atoms with Crippen molar-refractivity contribution in [2.45, 2.75) is 37.6 Å². The van der Waals surface area contributed by atoms with E-state index >= 15 is 0 Å². The molecule has 2 fully saturated rings. The van der Waals surface area contributed by atoms with Crippen molar-refractivity contribution in [2.75, 3.05) is 6.54 Å². The number of piperidine rings is 1. The van der Waals surface area contributed by atoms with Crippen LogP contribution >= 0.6 is 0 Å². The number of aromatic amines is 1. The fraction of sp³-hybridized carbons (Fsp3) is 0.667. The van der Waals surface area contributed by atoms with E-state index in [0.717, 1.165) is 30.9 Å². The first-order valence-corrected chi connectivity index (χ1v) is 6.11. The van der Waals surface area contributed by atoms with Gasteiger partial charge < -0.3 is 5.32 Å². The van der Waals surface area contributed by atoms with Gasteiger partial charge in [-0.1, -0.05) is 0 Å². The van der Waals surface area contributed by atoms with Crippen molar-refractivity contribution in [1.29, 1.82) is 0 Å². The minimum absolute atomic E-state index is 0.0102. The second-order valence-corrected chi connectivity index (χ2v) is 4.96. The largest absolute Gasteiger partial charge is 0.314 e. The van der Waals surface area contributed by atoms with E-state index in [2.05, 4.69) is 15.5 Å². The van der Waals surface area contributed by atoms with Gasteiger partial charge in [0.05, 0.1) is 0 Å². The van der Waals surface area contributed by atoms with E-state index in [1.165, 1.54) is 12.8 Å². The molecule has 0 aromatic carbocycles.